The summed E-state index contributed by atoms with van der Waals surface area (Å²) in [6.45, 7) is 3.85. The molecule has 1 aliphatic heterocycles. The normalized spacial score (nSPS) is 17.6. The van der Waals surface area contributed by atoms with Gasteiger partial charge in [0.15, 0.2) is 0 Å². The average molecular weight is 216 g/mol. The van der Waals surface area contributed by atoms with E-state index >= 15 is 0 Å². The molecule has 2 rings (SSSR count). The lowest BCUT2D eigenvalue weighted by atomic mass is 9.97. The van der Waals surface area contributed by atoms with Crippen LogP contribution in [0.15, 0.2) is 30.0 Å². The van der Waals surface area contributed by atoms with E-state index in [9.17, 15) is 9.59 Å². The zero-order valence-electron chi connectivity index (χ0n) is 9.15. The maximum atomic E-state index is 12.0. The summed E-state index contributed by atoms with van der Waals surface area (Å²) in [5.41, 5.74) is 0.657. The number of pyridine rings is 1. The van der Waals surface area contributed by atoms with Gasteiger partial charge in [0.05, 0.1) is 11.1 Å². The van der Waals surface area contributed by atoms with Gasteiger partial charge in [0.25, 0.3) is 5.91 Å². The van der Waals surface area contributed by atoms with E-state index in [2.05, 4.69) is 10.3 Å². The van der Waals surface area contributed by atoms with E-state index in [1.54, 1.807) is 24.4 Å². The molecule has 0 bridgehead atoms. The highest BCUT2D eigenvalue weighted by Gasteiger charge is 2.28. The number of ketones is 1. The number of anilines is 1. The van der Waals surface area contributed by atoms with Gasteiger partial charge < -0.3 is 5.32 Å². The topological polar surface area (TPSA) is 59.1 Å². The quantitative estimate of drug-likeness (QED) is 0.575. The number of Topliss-reactive ketones (excluding diaryl/α,β-unsaturated/α-hetero) is 1. The molecule has 4 nitrogen and oxygen atoms in total. The van der Waals surface area contributed by atoms with Gasteiger partial charge in [-0.2, -0.15) is 0 Å². The van der Waals surface area contributed by atoms with Gasteiger partial charge in [-0.15, -0.1) is 0 Å². The van der Waals surface area contributed by atoms with Crippen molar-refractivity contribution in [2.75, 3.05) is 5.32 Å². The van der Waals surface area contributed by atoms with E-state index in [1.165, 1.54) is 0 Å². The van der Waals surface area contributed by atoms with Gasteiger partial charge in [-0.25, -0.2) is 4.98 Å². The van der Waals surface area contributed by atoms with Crippen molar-refractivity contribution in [2.24, 2.45) is 5.92 Å². The van der Waals surface area contributed by atoms with Crippen molar-refractivity contribution in [1.29, 1.82) is 0 Å². The van der Waals surface area contributed by atoms with E-state index in [-0.39, 0.29) is 23.2 Å². The Hall–Kier alpha value is -1.97. The number of allylic oxidation sites excluding steroid dienone is 1. The van der Waals surface area contributed by atoms with Crippen LogP contribution in [0.3, 0.4) is 0 Å². The smallest absolute Gasteiger partial charge is 0.260 e. The van der Waals surface area contributed by atoms with Gasteiger partial charge in [-0.1, -0.05) is 19.9 Å². The SMILES string of the molecule is CC(C)C=C1C(=O)Nc2ncccc2C1=O. The second-order valence-corrected chi connectivity index (χ2v) is 4.01. The minimum atomic E-state index is -0.370. The Morgan fingerprint density at radius 1 is 1.38 bits per heavy atom. The van der Waals surface area contributed by atoms with E-state index in [0.717, 1.165) is 0 Å². The van der Waals surface area contributed by atoms with E-state index in [0.29, 0.717) is 11.4 Å². The number of aromatic nitrogens is 1. The van der Waals surface area contributed by atoms with Gasteiger partial charge in [0.2, 0.25) is 5.78 Å². The standard InChI is InChI=1S/C12H12N2O2/c1-7(2)6-9-10(15)8-4-3-5-13-11(8)14-12(9)16/h3-7H,1-2H3,(H,13,14,16). The second-order valence-electron chi connectivity index (χ2n) is 4.01. The molecule has 1 amide bonds. The maximum absolute atomic E-state index is 12.0. The summed E-state index contributed by atoms with van der Waals surface area (Å²) >= 11 is 0. The number of fused-ring (bicyclic) bond motifs is 1. The fraction of sp³-hybridized carbons (Fsp3) is 0.250. The van der Waals surface area contributed by atoms with Crippen LogP contribution in [-0.4, -0.2) is 16.7 Å². The van der Waals surface area contributed by atoms with Crippen LogP contribution in [-0.2, 0) is 4.79 Å². The van der Waals surface area contributed by atoms with Crippen LogP contribution in [0.1, 0.15) is 24.2 Å². The third-order valence-electron chi connectivity index (χ3n) is 2.27. The largest absolute Gasteiger partial charge is 0.306 e. The van der Waals surface area contributed by atoms with Crippen LogP contribution < -0.4 is 5.32 Å². The number of hydrogen-bond acceptors (Lipinski definition) is 3. The molecule has 0 saturated carbocycles. The molecule has 1 N–H and O–H groups in total. The van der Waals surface area contributed by atoms with Gasteiger partial charge in [-0.3, -0.25) is 9.59 Å². The van der Waals surface area contributed by atoms with Gasteiger partial charge >= 0.3 is 0 Å². The fourth-order valence-electron chi connectivity index (χ4n) is 1.60. The lowest BCUT2D eigenvalue weighted by molar-refractivity contribution is -0.112. The molecule has 0 spiro atoms. The molecule has 0 fully saturated rings. The van der Waals surface area contributed by atoms with Crippen LogP contribution in [0, 0.1) is 5.92 Å². The number of nitrogens with one attached hydrogen (secondary N) is 1. The highest BCUT2D eigenvalue weighted by molar-refractivity contribution is 6.33. The Bertz CT molecular complexity index is 490. The first kappa shape index (κ1) is 10.5. The highest BCUT2D eigenvalue weighted by atomic mass is 16.2. The zero-order valence-corrected chi connectivity index (χ0v) is 9.15. The van der Waals surface area contributed by atoms with Gasteiger partial charge in [0, 0.05) is 6.20 Å². The van der Waals surface area contributed by atoms with Crippen LogP contribution in [0.25, 0.3) is 0 Å². The monoisotopic (exact) mass is 216 g/mol. The van der Waals surface area contributed by atoms with Crippen LogP contribution >= 0.6 is 0 Å². The Kier molecular flexibility index (Phi) is 2.56. The summed E-state index contributed by atoms with van der Waals surface area (Å²) in [4.78, 5) is 27.6. The van der Waals surface area contributed by atoms with Crippen molar-refractivity contribution in [2.45, 2.75) is 13.8 Å². The lowest BCUT2D eigenvalue weighted by Crippen LogP contribution is -2.28. The molecule has 0 radical (unpaired) electrons. The first-order valence-electron chi connectivity index (χ1n) is 5.12. The lowest BCUT2D eigenvalue weighted by Gasteiger charge is -2.17. The molecular formula is C12H12N2O2. The van der Waals surface area contributed by atoms with Crippen molar-refractivity contribution in [3.8, 4) is 0 Å². The molecule has 1 aromatic rings. The molecule has 0 unspecified atom stereocenters. The Labute approximate surface area is 93.4 Å². The predicted octanol–water partition coefficient (Wildman–Crippen LogP) is 1.80. The van der Waals surface area contributed by atoms with Crippen molar-refractivity contribution in [3.63, 3.8) is 0 Å². The molecule has 4 heteroatoms. The predicted molar refractivity (Wildman–Crippen MR) is 60.1 cm³/mol. The molecule has 0 aliphatic carbocycles. The number of amides is 1. The Balaban J connectivity index is 2.50. The molecule has 1 aromatic heterocycles. The van der Waals surface area contributed by atoms with E-state index in [4.69, 9.17) is 0 Å². The third kappa shape index (κ3) is 1.74. The summed E-state index contributed by atoms with van der Waals surface area (Å²) in [6, 6.07) is 3.35. The average Bonchev–Trinajstić information content (AvgIpc) is 2.24. The fourth-order valence-corrected chi connectivity index (χ4v) is 1.60. The molecule has 82 valence electrons. The molecule has 1 aliphatic rings. The first-order chi connectivity index (χ1) is 7.59. The number of nitrogens with zero attached hydrogens (tertiary/aromatic N) is 1. The maximum Gasteiger partial charge on any atom is 0.260 e. The Morgan fingerprint density at radius 3 is 2.81 bits per heavy atom. The Morgan fingerprint density at radius 2 is 2.12 bits per heavy atom. The molecule has 0 saturated heterocycles. The van der Waals surface area contributed by atoms with Crippen LogP contribution in [0.5, 0.6) is 0 Å². The van der Waals surface area contributed by atoms with Crippen molar-refractivity contribution in [3.05, 3.63) is 35.5 Å². The number of carbonyl (C=O) groups is 2. The summed E-state index contributed by atoms with van der Waals surface area (Å²) in [6.07, 6.45) is 3.22. The van der Waals surface area contributed by atoms with Crippen molar-refractivity contribution in [1.82, 2.24) is 4.98 Å². The van der Waals surface area contributed by atoms with Crippen LogP contribution in [0.4, 0.5) is 5.82 Å². The first-order valence-corrected chi connectivity index (χ1v) is 5.12. The second kappa shape index (κ2) is 3.89. The summed E-state index contributed by atoms with van der Waals surface area (Å²) in [5.74, 6) is -0.119. The van der Waals surface area contributed by atoms with Crippen LogP contribution in [0.2, 0.25) is 0 Å². The minimum Gasteiger partial charge on any atom is -0.306 e. The molecule has 0 atom stereocenters. The summed E-state index contributed by atoms with van der Waals surface area (Å²) in [5, 5.41) is 2.61. The molecule has 16 heavy (non-hydrogen) atoms. The van der Waals surface area contributed by atoms with E-state index in [1.807, 2.05) is 13.8 Å². The number of rotatable bonds is 1. The summed E-state index contributed by atoms with van der Waals surface area (Å²) < 4.78 is 0. The van der Waals surface area contributed by atoms with Gasteiger partial charge in [-0.05, 0) is 18.1 Å². The number of carbonyl (C=O) groups excluding carboxylic acids is 2. The molecule has 0 aromatic carbocycles. The minimum absolute atomic E-state index is 0.155. The van der Waals surface area contributed by atoms with Crippen molar-refractivity contribution < 1.29 is 9.59 Å². The van der Waals surface area contributed by atoms with Gasteiger partial charge in [0.1, 0.15) is 5.82 Å². The molecular weight excluding hydrogens is 204 g/mol. The van der Waals surface area contributed by atoms with Crippen molar-refractivity contribution >= 4 is 17.5 Å². The zero-order chi connectivity index (χ0) is 11.7. The summed E-state index contributed by atoms with van der Waals surface area (Å²) in [7, 11) is 0. The molecule has 2 heterocycles. The third-order valence-corrected chi connectivity index (χ3v) is 2.27. The highest BCUT2D eigenvalue weighted by Crippen LogP contribution is 2.23. The number of hydrogen-bond donors (Lipinski definition) is 1. The van der Waals surface area contributed by atoms with E-state index < -0.39 is 0 Å².